The number of sulfonamides is 1. The maximum atomic E-state index is 12.2. The van der Waals surface area contributed by atoms with Crippen LogP contribution in [0.2, 0.25) is 0 Å². The van der Waals surface area contributed by atoms with Gasteiger partial charge >= 0.3 is 6.09 Å². The van der Waals surface area contributed by atoms with E-state index in [1.165, 1.54) is 97.0 Å². The minimum Gasteiger partial charge on any atom is -0.446 e. The molecule has 0 heterocycles. The second-order valence-electron chi connectivity index (χ2n) is 9.97. The molecule has 1 N–H and O–H groups in total. The smallest absolute Gasteiger partial charge is 0.409 e. The summed E-state index contributed by atoms with van der Waals surface area (Å²) in [6, 6.07) is 0. The van der Waals surface area contributed by atoms with Crippen molar-refractivity contribution in [2.75, 3.05) is 33.9 Å². The average molecular weight is 519 g/mol. The molecular formula is C27H54N2O5S. The van der Waals surface area contributed by atoms with Gasteiger partial charge in [0.25, 0.3) is 0 Å². The number of ether oxygens (including phenoxy) is 2. The van der Waals surface area contributed by atoms with Gasteiger partial charge in [0, 0.05) is 32.7 Å². The van der Waals surface area contributed by atoms with Crippen LogP contribution in [0.3, 0.4) is 0 Å². The first kappa shape index (κ1) is 33.9. The molecule has 0 aliphatic rings. The molecule has 1 atom stereocenters. The van der Waals surface area contributed by atoms with E-state index in [-0.39, 0.29) is 13.2 Å². The largest absolute Gasteiger partial charge is 0.446 e. The van der Waals surface area contributed by atoms with Gasteiger partial charge in [-0.1, -0.05) is 110 Å². The van der Waals surface area contributed by atoms with Gasteiger partial charge in [-0.2, -0.15) is 0 Å². The first-order valence-corrected chi connectivity index (χ1v) is 15.3. The lowest BCUT2D eigenvalue weighted by atomic mass is 10.0. The molecule has 0 saturated carbocycles. The Morgan fingerprint density at radius 2 is 1.31 bits per heavy atom. The highest BCUT2D eigenvalue weighted by Crippen LogP contribution is 2.14. The van der Waals surface area contributed by atoms with E-state index in [4.69, 9.17) is 9.47 Å². The summed E-state index contributed by atoms with van der Waals surface area (Å²) in [5.41, 5.74) is -0.958. The zero-order chi connectivity index (χ0) is 26.4. The zero-order valence-corrected chi connectivity index (χ0v) is 23.9. The van der Waals surface area contributed by atoms with E-state index in [0.717, 1.165) is 18.2 Å². The van der Waals surface area contributed by atoms with Crippen LogP contribution in [0, 0.1) is 0 Å². The number of amides is 1. The fraction of sp³-hybridized carbons (Fsp3) is 0.889. The zero-order valence-electron chi connectivity index (χ0n) is 23.1. The van der Waals surface area contributed by atoms with Crippen LogP contribution in [0.4, 0.5) is 4.79 Å². The second kappa shape index (κ2) is 21.0. The number of rotatable bonds is 24. The molecule has 0 radical (unpaired) electrons. The first-order chi connectivity index (χ1) is 16.7. The molecular weight excluding hydrogens is 464 g/mol. The maximum absolute atomic E-state index is 12.2. The van der Waals surface area contributed by atoms with Crippen LogP contribution in [0.1, 0.15) is 117 Å². The number of nitrogens with zero attached hydrogens (tertiary/aromatic N) is 1. The molecule has 8 heteroatoms. The number of hydrogen-bond donors (Lipinski definition) is 1. The molecule has 7 nitrogen and oxygen atoms in total. The molecule has 0 saturated heterocycles. The van der Waals surface area contributed by atoms with Crippen LogP contribution >= 0.6 is 0 Å². The molecule has 0 bridgehead atoms. The lowest BCUT2D eigenvalue weighted by Crippen LogP contribution is -2.46. The molecule has 1 unspecified atom stereocenters. The minimum absolute atomic E-state index is 0.0199. The van der Waals surface area contributed by atoms with Crippen molar-refractivity contribution in [2.24, 2.45) is 0 Å². The molecule has 1 amide bonds. The summed E-state index contributed by atoms with van der Waals surface area (Å²) >= 11 is 0. The van der Waals surface area contributed by atoms with Gasteiger partial charge in [0.2, 0.25) is 10.0 Å². The molecule has 35 heavy (non-hydrogen) atoms. The standard InChI is InChI=1S/C27H54N2O5S/c1-6-8-9-10-11-12-13-14-15-16-17-18-19-20-21-22-23-29(4)26(30)34-25-27(3,33-5)24-28-35(31,32)7-2/h7,28H,2,6,8-25H2,1,3-5H3. The van der Waals surface area contributed by atoms with Gasteiger partial charge in [0.1, 0.15) is 12.2 Å². The third-order valence-electron chi connectivity index (χ3n) is 6.52. The van der Waals surface area contributed by atoms with Crippen molar-refractivity contribution in [2.45, 2.75) is 122 Å². The molecule has 0 aromatic heterocycles. The number of carbonyl (C=O) groups is 1. The highest BCUT2D eigenvalue weighted by molar-refractivity contribution is 7.92. The van der Waals surface area contributed by atoms with Crippen LogP contribution in [0.15, 0.2) is 12.0 Å². The van der Waals surface area contributed by atoms with E-state index in [9.17, 15) is 13.2 Å². The van der Waals surface area contributed by atoms with Crippen molar-refractivity contribution in [1.29, 1.82) is 0 Å². The summed E-state index contributed by atoms with van der Waals surface area (Å²) in [6.07, 6.45) is 20.6. The Bertz CT molecular complexity index is 641. The van der Waals surface area contributed by atoms with Crippen LogP contribution in [0.25, 0.3) is 0 Å². The van der Waals surface area contributed by atoms with Crippen LogP contribution in [-0.4, -0.2) is 58.9 Å². The molecule has 0 rings (SSSR count). The Labute approximate surface area is 216 Å². The summed E-state index contributed by atoms with van der Waals surface area (Å²) < 4.78 is 36.1. The fourth-order valence-electron chi connectivity index (χ4n) is 3.81. The lowest BCUT2D eigenvalue weighted by Gasteiger charge is -2.28. The summed E-state index contributed by atoms with van der Waals surface area (Å²) in [5, 5.41) is 0.834. The van der Waals surface area contributed by atoms with E-state index in [1.807, 2.05) is 0 Å². The third-order valence-corrected chi connectivity index (χ3v) is 7.50. The molecule has 0 aromatic carbocycles. The minimum atomic E-state index is -3.57. The van der Waals surface area contributed by atoms with E-state index >= 15 is 0 Å². The molecule has 0 aromatic rings. The average Bonchev–Trinajstić information content (AvgIpc) is 2.85. The SMILES string of the molecule is C=CS(=O)(=O)NCC(C)(COC(=O)N(C)CCCCCCCCCCCCCCCCCC)OC. The van der Waals surface area contributed by atoms with E-state index in [0.29, 0.717) is 6.54 Å². The van der Waals surface area contributed by atoms with Gasteiger partial charge in [-0.15, -0.1) is 0 Å². The van der Waals surface area contributed by atoms with E-state index in [1.54, 1.807) is 18.9 Å². The maximum Gasteiger partial charge on any atom is 0.409 e. The van der Waals surface area contributed by atoms with Crippen molar-refractivity contribution in [3.63, 3.8) is 0 Å². The van der Waals surface area contributed by atoms with Gasteiger partial charge in [-0.05, 0) is 13.3 Å². The van der Waals surface area contributed by atoms with Gasteiger partial charge < -0.3 is 14.4 Å². The number of nitrogens with one attached hydrogen (secondary N) is 1. The van der Waals surface area contributed by atoms with Crippen LogP contribution < -0.4 is 4.72 Å². The highest BCUT2D eigenvalue weighted by atomic mass is 32.2. The van der Waals surface area contributed by atoms with Crippen molar-refractivity contribution in [3.05, 3.63) is 12.0 Å². The highest BCUT2D eigenvalue weighted by Gasteiger charge is 2.28. The second-order valence-corrected chi connectivity index (χ2v) is 11.7. The fourth-order valence-corrected chi connectivity index (χ4v) is 4.43. The predicted molar refractivity (Wildman–Crippen MR) is 146 cm³/mol. The Hall–Kier alpha value is -1.12. The molecule has 0 fully saturated rings. The number of carbonyl (C=O) groups excluding carboxylic acids is 1. The van der Waals surface area contributed by atoms with Crippen molar-refractivity contribution in [1.82, 2.24) is 9.62 Å². The van der Waals surface area contributed by atoms with Gasteiger partial charge in [-0.3, -0.25) is 0 Å². The molecule has 0 aliphatic heterocycles. The Kier molecular flexibility index (Phi) is 20.3. The van der Waals surface area contributed by atoms with Crippen molar-refractivity contribution < 1.29 is 22.7 Å². The lowest BCUT2D eigenvalue weighted by molar-refractivity contribution is -0.0426. The number of unbranched alkanes of at least 4 members (excludes halogenated alkanes) is 15. The quantitative estimate of drug-likeness (QED) is 0.142. The van der Waals surface area contributed by atoms with Crippen molar-refractivity contribution in [3.8, 4) is 0 Å². The molecule has 0 spiro atoms. The molecule has 208 valence electrons. The third kappa shape index (κ3) is 19.7. The van der Waals surface area contributed by atoms with Crippen LogP contribution in [-0.2, 0) is 19.5 Å². The first-order valence-electron chi connectivity index (χ1n) is 13.7. The Morgan fingerprint density at radius 1 is 0.886 bits per heavy atom. The Morgan fingerprint density at radius 3 is 1.71 bits per heavy atom. The van der Waals surface area contributed by atoms with Gasteiger partial charge in [-0.25, -0.2) is 17.9 Å². The van der Waals surface area contributed by atoms with E-state index < -0.39 is 21.7 Å². The number of hydrogen-bond acceptors (Lipinski definition) is 5. The van der Waals surface area contributed by atoms with Gasteiger partial charge in [0.15, 0.2) is 0 Å². The monoisotopic (exact) mass is 518 g/mol. The topological polar surface area (TPSA) is 84.9 Å². The van der Waals surface area contributed by atoms with Gasteiger partial charge in [0.05, 0.1) is 0 Å². The van der Waals surface area contributed by atoms with E-state index in [2.05, 4.69) is 18.2 Å². The molecule has 0 aliphatic carbocycles. The summed E-state index contributed by atoms with van der Waals surface area (Å²) in [4.78, 5) is 13.8. The summed E-state index contributed by atoms with van der Waals surface area (Å²) in [7, 11) is -0.394. The predicted octanol–water partition coefficient (Wildman–Crippen LogP) is 6.78. The number of methoxy groups -OCH3 is 1. The van der Waals surface area contributed by atoms with Crippen molar-refractivity contribution >= 4 is 16.1 Å². The summed E-state index contributed by atoms with van der Waals surface area (Å²) in [6.45, 7) is 7.78. The normalized spacial score (nSPS) is 13.4. The van der Waals surface area contributed by atoms with Crippen LogP contribution in [0.5, 0.6) is 0 Å². The Balaban J connectivity index is 3.70. The summed E-state index contributed by atoms with van der Waals surface area (Å²) in [5.74, 6) is 0.